The molecular formula is C68H79F6N10O13P3. The van der Waals surface area contributed by atoms with Crippen molar-refractivity contribution in [3.8, 4) is 0 Å². The van der Waals surface area contributed by atoms with Crippen molar-refractivity contribution in [1.29, 1.82) is 0 Å². The lowest BCUT2D eigenvalue weighted by Gasteiger charge is -2.37. The summed E-state index contributed by atoms with van der Waals surface area (Å²) in [7, 11) is 4.81. The number of hydrogen-bond donors (Lipinski definition) is 6. The quantitative estimate of drug-likeness (QED) is 0.0209. The fourth-order valence-electron chi connectivity index (χ4n) is 15.5. The van der Waals surface area contributed by atoms with E-state index >= 15 is 0 Å². The summed E-state index contributed by atoms with van der Waals surface area (Å²) < 4.78 is 78.0. The van der Waals surface area contributed by atoms with Gasteiger partial charge in [-0.3, -0.25) is 64.6 Å². The smallest absolute Gasteiger partial charge is 0.387 e. The van der Waals surface area contributed by atoms with Crippen molar-refractivity contribution in [3.63, 3.8) is 0 Å². The number of cyclic esters (lactones) is 2. The molecule has 9 amide bonds. The maximum absolute atomic E-state index is 12.8. The number of Topliss-reactive ketones (excluding diaryl/α,β-unsaturated/α-hetero) is 1. The summed E-state index contributed by atoms with van der Waals surface area (Å²) in [6.07, 6.45) is 25.4. The van der Waals surface area contributed by atoms with E-state index < -0.39 is 65.0 Å². The van der Waals surface area contributed by atoms with E-state index in [1.807, 2.05) is 24.3 Å². The molecule has 6 saturated carbocycles. The summed E-state index contributed by atoms with van der Waals surface area (Å²) in [5.41, 5.74) is 8.32. The molecular weight excluding hydrogens is 1370 g/mol. The normalized spacial score (nSPS) is 31.9. The van der Waals surface area contributed by atoms with Gasteiger partial charge in [-0.05, 0) is 147 Å². The molecule has 9 unspecified atom stereocenters. The van der Waals surface area contributed by atoms with Crippen molar-refractivity contribution in [3.05, 3.63) is 168 Å². The maximum Gasteiger partial charge on any atom is 0.416 e. The molecule has 8 N–H and O–H groups in total. The number of imide groups is 4. The van der Waals surface area contributed by atoms with Crippen LogP contribution in [0, 0.1) is 107 Å². The molecule has 536 valence electrons. The molecule has 5 heterocycles. The molecule has 21 atom stereocenters. The number of nitrogens with two attached hydrogens (primary N) is 2. The highest BCUT2D eigenvalue weighted by atomic mass is 31.0. The molecule has 20 rings (SSSR count). The fourth-order valence-corrected chi connectivity index (χ4v) is 15.5. The summed E-state index contributed by atoms with van der Waals surface area (Å²) in [5.74, 6) is 9.69. The molecule has 0 aromatic heterocycles. The maximum atomic E-state index is 12.8. The molecule has 13 aliphatic carbocycles. The number of carbonyl (C=O) groups is 12. The minimum absolute atomic E-state index is 0. The first-order chi connectivity index (χ1) is 46.1. The highest BCUT2D eigenvalue weighted by molar-refractivity contribution is 6.92. The van der Waals surface area contributed by atoms with Crippen molar-refractivity contribution in [2.45, 2.75) is 45.0 Å². The minimum atomic E-state index is -4.50. The first kappa shape index (κ1) is 79.2. The zero-order chi connectivity index (χ0) is 70.3. The van der Waals surface area contributed by atoms with Crippen LogP contribution in [-0.4, -0.2) is 112 Å². The molecule has 9 fully saturated rings. The number of alkyl halides is 6. The Hall–Kier alpha value is -8.13. The number of halogens is 6. The number of esters is 2. The van der Waals surface area contributed by atoms with Gasteiger partial charge >= 0.3 is 24.3 Å². The molecule has 2 aromatic carbocycles. The van der Waals surface area contributed by atoms with Crippen LogP contribution in [0.4, 0.5) is 26.3 Å². The van der Waals surface area contributed by atoms with Crippen LogP contribution in [0.5, 0.6) is 0 Å². The average Bonchev–Trinajstić information content (AvgIpc) is 1.55. The Morgan fingerprint density at radius 3 is 1.02 bits per heavy atom. The van der Waals surface area contributed by atoms with Crippen molar-refractivity contribution in [2.24, 2.45) is 118 Å². The highest BCUT2D eigenvalue weighted by Crippen LogP contribution is 2.67. The Morgan fingerprint density at radius 2 is 0.750 bits per heavy atom. The molecule has 2 aromatic rings. The second-order valence-electron chi connectivity index (χ2n) is 25.3. The number of amides is 9. The van der Waals surface area contributed by atoms with E-state index in [1.165, 1.54) is 56.1 Å². The van der Waals surface area contributed by atoms with E-state index in [9.17, 15) is 83.9 Å². The second-order valence-corrected chi connectivity index (χ2v) is 25.3. The lowest BCUT2D eigenvalue weighted by Crippen LogP contribution is -2.46. The van der Waals surface area contributed by atoms with Crippen molar-refractivity contribution in [2.75, 3.05) is 21.1 Å². The molecule has 0 radical (unpaired) electrons. The second kappa shape index (κ2) is 32.2. The third-order valence-electron chi connectivity index (χ3n) is 20.0. The van der Waals surface area contributed by atoms with Gasteiger partial charge in [0.1, 0.15) is 0 Å². The number of hydrazine groups is 5. The van der Waals surface area contributed by atoms with Crippen molar-refractivity contribution >= 4 is 101 Å². The van der Waals surface area contributed by atoms with Gasteiger partial charge < -0.3 is 4.74 Å². The Balaban J connectivity index is 0.000000170. The number of rotatable bonds is 5. The molecule has 6 bridgehead atoms. The van der Waals surface area contributed by atoms with Gasteiger partial charge in [0.15, 0.2) is 5.78 Å². The molecule has 0 spiro atoms. The van der Waals surface area contributed by atoms with Crippen LogP contribution >= 0.6 is 29.7 Å². The first-order valence-corrected chi connectivity index (χ1v) is 31.4. The van der Waals surface area contributed by atoms with Crippen LogP contribution in [0.15, 0.2) is 146 Å². The van der Waals surface area contributed by atoms with Crippen LogP contribution in [0.2, 0.25) is 0 Å². The largest absolute Gasteiger partial charge is 0.416 e. The van der Waals surface area contributed by atoms with Gasteiger partial charge in [0.2, 0.25) is 23.6 Å². The minimum Gasteiger partial charge on any atom is -0.387 e. The topological polar surface area (TPSA) is 327 Å². The summed E-state index contributed by atoms with van der Waals surface area (Å²) in [6.45, 7) is 1.31. The fraction of sp³-hybridized carbons (Fsp3) is 0.412. The monoisotopic (exact) mass is 1450 g/mol. The van der Waals surface area contributed by atoms with Crippen LogP contribution in [0.3, 0.4) is 0 Å². The number of benzene rings is 2. The molecule has 32 heteroatoms. The SMILES string of the molecule is C1=CC=CCC=C1.CC(=O)c1ccc(C(F)(F)F)cc1.CNN.CNN1C(=O)C=CC1=O.CNN1C(=O)[C@@H]2C3C=CC([C@H]4C[C@@H]34)[C@@H]2C1=O.NN1C(=O)[C@@H]2C3C=CC([C@H]4C[C@@H]34)[C@@H]2C1=O.O=C(NN1C(=O)[C@@H]2C3C=CC([C@H]4C[C@@H]34)[C@@H]2C1=O)c1ccc(C(F)(F)F)cc1.O=C1C=CC(=O)O1.P.P.P. The number of hydrogen-bond acceptors (Lipinski definition) is 18. The van der Waals surface area contributed by atoms with Crippen molar-refractivity contribution in [1.82, 2.24) is 41.7 Å². The molecule has 5 aliphatic heterocycles. The summed E-state index contributed by atoms with van der Waals surface area (Å²) >= 11 is 0. The number of ether oxygens (including phenoxy) is 1. The number of nitrogens with zero attached hydrogens (tertiary/aromatic N) is 4. The number of nitrogens with one attached hydrogen (secondary N) is 4. The Morgan fingerprint density at radius 1 is 0.450 bits per heavy atom. The van der Waals surface area contributed by atoms with Crippen LogP contribution in [0.1, 0.15) is 64.4 Å². The van der Waals surface area contributed by atoms with Gasteiger partial charge in [0, 0.05) is 49.5 Å². The van der Waals surface area contributed by atoms with E-state index in [2.05, 4.69) is 80.9 Å². The Bertz CT molecular complexity index is 3670. The first-order valence-electron chi connectivity index (χ1n) is 31.4. The van der Waals surface area contributed by atoms with Gasteiger partial charge in [-0.15, -0.1) is 0 Å². The lowest BCUT2D eigenvalue weighted by atomic mass is 9.63. The van der Waals surface area contributed by atoms with Crippen LogP contribution in [0.25, 0.3) is 0 Å². The van der Waals surface area contributed by atoms with Gasteiger partial charge in [-0.1, -0.05) is 85.0 Å². The third-order valence-corrected chi connectivity index (χ3v) is 20.0. The predicted molar refractivity (Wildman–Crippen MR) is 362 cm³/mol. The van der Waals surface area contributed by atoms with Gasteiger partial charge in [0.05, 0.1) is 46.6 Å². The predicted octanol–water partition coefficient (Wildman–Crippen LogP) is 5.38. The zero-order valence-corrected chi connectivity index (χ0v) is 59.0. The van der Waals surface area contributed by atoms with E-state index in [0.717, 1.165) is 76.4 Å². The van der Waals surface area contributed by atoms with Gasteiger partial charge in [-0.2, -0.15) is 61.0 Å². The van der Waals surface area contributed by atoms with E-state index in [4.69, 9.17) is 5.84 Å². The number of carbonyl (C=O) groups excluding carboxylic acids is 12. The summed E-state index contributed by atoms with van der Waals surface area (Å²) in [4.78, 5) is 138. The Kier molecular flexibility index (Phi) is 25.5. The van der Waals surface area contributed by atoms with Crippen molar-refractivity contribution < 1.29 is 88.6 Å². The van der Waals surface area contributed by atoms with Gasteiger partial charge in [-0.25, -0.2) is 41.3 Å². The number of ketones is 1. The van der Waals surface area contributed by atoms with E-state index in [-0.39, 0.29) is 129 Å². The zero-order valence-electron chi connectivity index (χ0n) is 54.7. The lowest BCUT2D eigenvalue weighted by molar-refractivity contribution is -0.151. The summed E-state index contributed by atoms with van der Waals surface area (Å²) in [5, 5.41) is 3.79. The highest BCUT2D eigenvalue weighted by Gasteiger charge is 2.69. The summed E-state index contributed by atoms with van der Waals surface area (Å²) in [6, 6.07) is 7.77. The molecule has 3 saturated heterocycles. The van der Waals surface area contributed by atoms with Crippen LogP contribution < -0.4 is 33.4 Å². The standard InChI is InChI=1S/C19H15F3N2O3.C12H14N2O2.C11H12N2O2.C9H7F3O.C7H8.C5H6N2O2.C4H2O3.CH6N2.3H3P/c20-19(21,22)9-3-1-8(2-4-9)16(25)23-24-17(26)14-10-5-6-11(13-7-12(10)13)15(14)18(24)27;1-13-14-11(15)9-5-2-3-6(8-4-7(5)8)10(9)12(14)16;12-13-10(14)8-4-1-2-5(7-3-6(4)7)9(8)11(13)15;1-6(13)7-2-4-8(5-3-7)9(10,11)12;1-2-4-6-7-5-3-1;1-6-7-4(8)2-3-5(7)9;5-3-1-2-4(6)7-3;1-3-2;;;/h1-6,10-15H,7H2,(H,23,25);2-3,5-10,13H,4H2,1H3;1-2,4-9H,3,12H2;2-5H,1H3;1-6H,7H2;2-3,6H,1H3;1-2H;3H,2H2,1H3;3*1H3/t10?,11?,12-,13+,14+,15-;5?,6?,7-,8+,9+,10-;4?,5?,6-,7+,8+,9-;;;;;;;;. The van der Waals surface area contributed by atoms with Crippen LogP contribution in [-0.2, 0) is 65.0 Å². The molecule has 23 nitrogen and oxygen atoms in total. The van der Waals surface area contributed by atoms with E-state index in [0.29, 0.717) is 47.3 Å². The Labute approximate surface area is 580 Å². The average molecular weight is 1450 g/mol. The molecule has 18 aliphatic rings. The number of allylic oxidation sites excluding steroid dienone is 12. The van der Waals surface area contributed by atoms with Gasteiger partial charge in [0.25, 0.3) is 29.5 Å². The van der Waals surface area contributed by atoms with E-state index in [1.54, 1.807) is 14.1 Å². The third kappa shape index (κ3) is 16.1. The molecule has 100 heavy (non-hydrogen) atoms.